The summed E-state index contributed by atoms with van der Waals surface area (Å²) in [6, 6.07) is 21.3. The molecule has 1 unspecified atom stereocenters. The van der Waals surface area contributed by atoms with Gasteiger partial charge in [-0.25, -0.2) is 0 Å². The topological polar surface area (TPSA) is 30.3 Å². The number of thiophene rings is 1. The summed E-state index contributed by atoms with van der Waals surface area (Å²) >= 11 is 8.20. The first kappa shape index (κ1) is 20.0. The third kappa shape index (κ3) is 4.64. The van der Waals surface area contributed by atoms with Crippen LogP contribution in [0.2, 0.25) is 5.02 Å². The van der Waals surface area contributed by atoms with Crippen molar-refractivity contribution >= 4 is 28.6 Å². The van der Waals surface area contributed by atoms with Gasteiger partial charge in [0.15, 0.2) is 0 Å². The summed E-state index contributed by atoms with van der Waals surface area (Å²) < 4.78 is 0. The molecule has 0 N–H and O–H groups in total. The average molecular weight is 422 g/mol. The van der Waals surface area contributed by atoms with Crippen molar-refractivity contribution in [2.24, 2.45) is 0 Å². The summed E-state index contributed by atoms with van der Waals surface area (Å²) in [5.41, 5.74) is 4.23. The van der Waals surface area contributed by atoms with E-state index in [9.17, 15) is 5.26 Å². The zero-order chi connectivity index (χ0) is 20.2. The summed E-state index contributed by atoms with van der Waals surface area (Å²) in [4.78, 5) is 6.41. The average Bonchev–Trinajstić information content (AvgIpc) is 3.40. The molecule has 1 saturated heterocycles. The van der Waals surface area contributed by atoms with Gasteiger partial charge in [-0.3, -0.25) is 4.90 Å². The molecule has 2 heterocycles. The highest BCUT2D eigenvalue weighted by atomic mass is 35.5. The number of hydrogen-bond acceptors (Lipinski definition) is 4. The van der Waals surface area contributed by atoms with Crippen LogP contribution in [0.5, 0.6) is 0 Å². The number of likely N-dealkylation sites (tertiary alicyclic amines) is 1. The van der Waals surface area contributed by atoms with E-state index in [1.54, 1.807) is 0 Å². The van der Waals surface area contributed by atoms with Gasteiger partial charge in [-0.1, -0.05) is 41.9 Å². The molecule has 3 aromatic rings. The third-order valence-electron chi connectivity index (χ3n) is 5.65. The summed E-state index contributed by atoms with van der Waals surface area (Å²) in [5.74, 6) is 0. The first-order valence-electron chi connectivity index (χ1n) is 9.89. The lowest BCUT2D eigenvalue weighted by Gasteiger charge is -2.32. The molecule has 0 spiro atoms. The molecule has 1 aromatic heterocycles. The van der Waals surface area contributed by atoms with E-state index < -0.39 is 0 Å². The fourth-order valence-corrected chi connectivity index (χ4v) is 4.97. The Labute approximate surface area is 181 Å². The number of nitriles is 1. The van der Waals surface area contributed by atoms with E-state index in [-0.39, 0.29) is 0 Å². The molecule has 0 radical (unpaired) electrons. The Balaban J connectivity index is 1.59. The van der Waals surface area contributed by atoms with Gasteiger partial charge in [0, 0.05) is 42.8 Å². The van der Waals surface area contributed by atoms with Gasteiger partial charge in [0.1, 0.15) is 6.07 Å². The minimum absolute atomic E-state index is 0.415. The summed E-state index contributed by atoms with van der Waals surface area (Å²) in [7, 11) is 0. The fourth-order valence-electron chi connectivity index (χ4n) is 4.01. The van der Waals surface area contributed by atoms with Crippen LogP contribution < -0.4 is 4.90 Å². The minimum Gasteiger partial charge on any atom is -0.363 e. The molecule has 1 aliphatic rings. The number of aryl methyl sites for hydroxylation is 1. The van der Waals surface area contributed by atoms with Crippen LogP contribution in [0.15, 0.2) is 60.0 Å². The standard InChI is InChI=1S/C24H24ClN3S/c1-18-5-2-3-6-20(18)15-28(21-9-8-19(14-26)24(25)13-21)22-10-11-27(16-22)17-23-7-4-12-29-23/h2-9,12-13,22H,10-11,15-17H2,1H3. The number of benzene rings is 2. The predicted octanol–water partition coefficient (Wildman–Crippen LogP) is 5.86. The summed E-state index contributed by atoms with van der Waals surface area (Å²) in [5, 5.41) is 11.9. The molecular formula is C24H24ClN3S. The van der Waals surface area contributed by atoms with E-state index in [2.05, 4.69) is 64.6 Å². The summed E-state index contributed by atoms with van der Waals surface area (Å²) in [6.45, 7) is 6.14. The van der Waals surface area contributed by atoms with Crippen molar-refractivity contribution < 1.29 is 0 Å². The normalized spacial score (nSPS) is 16.7. The van der Waals surface area contributed by atoms with Crippen LogP contribution in [0.25, 0.3) is 0 Å². The number of rotatable bonds is 6. The molecule has 0 aliphatic carbocycles. The molecule has 2 aromatic carbocycles. The number of nitrogens with zero attached hydrogens (tertiary/aromatic N) is 3. The predicted molar refractivity (Wildman–Crippen MR) is 122 cm³/mol. The van der Waals surface area contributed by atoms with Gasteiger partial charge < -0.3 is 4.90 Å². The SMILES string of the molecule is Cc1ccccc1CN(c1ccc(C#N)c(Cl)c1)C1CCN(Cc2cccs2)C1. The lowest BCUT2D eigenvalue weighted by Crippen LogP contribution is -2.37. The molecular weight excluding hydrogens is 398 g/mol. The van der Waals surface area contributed by atoms with Crippen molar-refractivity contribution in [3.05, 3.63) is 86.6 Å². The van der Waals surface area contributed by atoms with E-state index >= 15 is 0 Å². The van der Waals surface area contributed by atoms with Crippen molar-refractivity contribution in [2.45, 2.75) is 32.5 Å². The number of anilines is 1. The number of halogens is 1. The van der Waals surface area contributed by atoms with Crippen molar-refractivity contribution in [2.75, 3.05) is 18.0 Å². The maximum absolute atomic E-state index is 9.23. The zero-order valence-electron chi connectivity index (χ0n) is 16.5. The van der Waals surface area contributed by atoms with E-state index in [1.807, 2.05) is 29.5 Å². The molecule has 4 rings (SSSR count). The van der Waals surface area contributed by atoms with Crippen molar-refractivity contribution in [1.29, 1.82) is 5.26 Å². The maximum atomic E-state index is 9.23. The van der Waals surface area contributed by atoms with Gasteiger partial charge in [0.05, 0.1) is 10.6 Å². The van der Waals surface area contributed by atoms with Crippen LogP contribution in [0.4, 0.5) is 5.69 Å². The van der Waals surface area contributed by atoms with Crippen molar-refractivity contribution in [3.8, 4) is 6.07 Å². The van der Waals surface area contributed by atoms with E-state index in [1.165, 1.54) is 16.0 Å². The largest absolute Gasteiger partial charge is 0.363 e. The van der Waals surface area contributed by atoms with E-state index in [0.717, 1.165) is 38.3 Å². The highest BCUT2D eigenvalue weighted by Crippen LogP contribution is 2.30. The minimum atomic E-state index is 0.415. The molecule has 1 fully saturated rings. The van der Waals surface area contributed by atoms with Crippen LogP contribution in [0.3, 0.4) is 0 Å². The highest BCUT2D eigenvalue weighted by molar-refractivity contribution is 7.09. The Hall–Kier alpha value is -2.32. The van der Waals surface area contributed by atoms with E-state index in [4.69, 9.17) is 11.6 Å². The van der Waals surface area contributed by atoms with Gasteiger partial charge in [-0.15, -0.1) is 11.3 Å². The first-order chi connectivity index (χ1) is 14.1. The second kappa shape index (κ2) is 9.00. The molecule has 1 aliphatic heterocycles. The summed E-state index contributed by atoms with van der Waals surface area (Å²) in [6.07, 6.45) is 1.12. The molecule has 0 bridgehead atoms. The van der Waals surface area contributed by atoms with E-state index in [0.29, 0.717) is 16.6 Å². The third-order valence-corrected chi connectivity index (χ3v) is 6.83. The number of hydrogen-bond donors (Lipinski definition) is 0. The van der Waals surface area contributed by atoms with Crippen LogP contribution >= 0.6 is 22.9 Å². The second-order valence-electron chi connectivity index (χ2n) is 7.59. The van der Waals surface area contributed by atoms with Gasteiger partial charge in [-0.2, -0.15) is 5.26 Å². The lowest BCUT2D eigenvalue weighted by atomic mass is 10.1. The molecule has 148 valence electrons. The van der Waals surface area contributed by atoms with Crippen LogP contribution in [0.1, 0.15) is 28.0 Å². The fraction of sp³-hybridized carbons (Fsp3) is 0.292. The quantitative estimate of drug-likeness (QED) is 0.499. The lowest BCUT2D eigenvalue weighted by molar-refractivity contribution is 0.327. The highest BCUT2D eigenvalue weighted by Gasteiger charge is 2.29. The molecule has 1 atom stereocenters. The monoisotopic (exact) mass is 421 g/mol. The Morgan fingerprint density at radius 2 is 2.07 bits per heavy atom. The van der Waals surface area contributed by atoms with Crippen LogP contribution in [-0.2, 0) is 13.1 Å². The van der Waals surface area contributed by atoms with Gasteiger partial charge >= 0.3 is 0 Å². The Morgan fingerprint density at radius 1 is 1.21 bits per heavy atom. The van der Waals surface area contributed by atoms with Gasteiger partial charge in [-0.05, 0) is 54.1 Å². The van der Waals surface area contributed by atoms with Crippen LogP contribution in [-0.4, -0.2) is 24.0 Å². The van der Waals surface area contributed by atoms with Crippen molar-refractivity contribution in [3.63, 3.8) is 0 Å². The smallest absolute Gasteiger partial charge is 0.101 e. The van der Waals surface area contributed by atoms with Gasteiger partial charge in [0.2, 0.25) is 0 Å². The molecule has 0 amide bonds. The molecule has 5 heteroatoms. The maximum Gasteiger partial charge on any atom is 0.101 e. The second-order valence-corrected chi connectivity index (χ2v) is 9.03. The van der Waals surface area contributed by atoms with Crippen molar-refractivity contribution in [1.82, 2.24) is 4.90 Å². The molecule has 3 nitrogen and oxygen atoms in total. The zero-order valence-corrected chi connectivity index (χ0v) is 18.1. The Morgan fingerprint density at radius 3 is 2.79 bits per heavy atom. The molecule has 0 saturated carbocycles. The Kier molecular flexibility index (Phi) is 6.20. The van der Waals surface area contributed by atoms with Crippen LogP contribution in [0, 0.1) is 18.3 Å². The van der Waals surface area contributed by atoms with Gasteiger partial charge in [0.25, 0.3) is 0 Å². The first-order valence-corrected chi connectivity index (χ1v) is 11.2. The Bertz CT molecular complexity index is 1010. The molecule has 29 heavy (non-hydrogen) atoms.